The van der Waals surface area contributed by atoms with E-state index in [4.69, 9.17) is 0 Å². The van der Waals surface area contributed by atoms with Crippen LogP contribution in [-0.2, 0) is 0 Å². The Labute approximate surface area is 128 Å². The van der Waals surface area contributed by atoms with Crippen LogP contribution in [0.2, 0.25) is 0 Å². The Bertz CT molecular complexity index is 646. The Balaban J connectivity index is 1.49. The first-order valence-corrected chi connectivity index (χ1v) is 8.52. The summed E-state index contributed by atoms with van der Waals surface area (Å²) < 4.78 is 1.08. The maximum absolute atomic E-state index is 12.5. The van der Waals surface area contributed by atoms with Crippen molar-refractivity contribution in [2.24, 2.45) is 5.92 Å². The minimum Gasteiger partial charge on any atom is -0.348 e. The van der Waals surface area contributed by atoms with Gasteiger partial charge in [0, 0.05) is 18.2 Å². The van der Waals surface area contributed by atoms with Crippen LogP contribution in [0.3, 0.4) is 0 Å². The van der Waals surface area contributed by atoms with Crippen molar-refractivity contribution >= 4 is 27.5 Å². The molecule has 1 N–H and O–H groups in total. The van der Waals surface area contributed by atoms with Crippen LogP contribution in [0.4, 0.5) is 0 Å². The minimum atomic E-state index is 0.0535. The second-order valence-corrected chi connectivity index (χ2v) is 7.07. The quantitative estimate of drug-likeness (QED) is 0.927. The van der Waals surface area contributed by atoms with E-state index < -0.39 is 0 Å². The minimum absolute atomic E-state index is 0.0535. The van der Waals surface area contributed by atoms with Crippen LogP contribution < -0.4 is 5.32 Å². The number of rotatable bonds is 2. The number of thiazole rings is 1. The largest absolute Gasteiger partial charge is 0.348 e. The summed E-state index contributed by atoms with van der Waals surface area (Å²) in [5.41, 5.74) is 3.54. The molecular weight excluding hydrogens is 282 g/mol. The normalized spacial score (nSPS) is 28.5. The molecule has 110 valence electrons. The highest BCUT2D eigenvalue weighted by Gasteiger charge is 2.29. The first-order chi connectivity index (χ1) is 10.3. The highest BCUT2D eigenvalue weighted by molar-refractivity contribution is 7.16. The average Bonchev–Trinajstić information content (AvgIpc) is 2.78. The molecule has 0 aliphatic carbocycles. The Hall–Kier alpha value is -1.46. The molecule has 4 heterocycles. The number of piperidine rings is 1. The topological polar surface area (TPSA) is 45.2 Å². The fourth-order valence-electron chi connectivity index (χ4n) is 3.56. The monoisotopic (exact) mass is 301 g/mol. The van der Waals surface area contributed by atoms with Gasteiger partial charge in [-0.15, -0.1) is 11.3 Å². The van der Waals surface area contributed by atoms with E-state index in [2.05, 4.69) is 15.2 Å². The Morgan fingerprint density at radius 2 is 2.19 bits per heavy atom. The third-order valence-corrected chi connectivity index (χ3v) is 5.52. The van der Waals surface area contributed by atoms with E-state index in [0.29, 0.717) is 6.04 Å². The molecule has 0 saturated carbocycles. The molecule has 1 aromatic carbocycles. The molecule has 1 aromatic heterocycles. The predicted octanol–water partition coefficient (Wildman–Crippen LogP) is 2.51. The fraction of sp³-hybridized carbons (Fsp3) is 0.500. The summed E-state index contributed by atoms with van der Waals surface area (Å²) in [6.45, 7) is 3.40. The highest BCUT2D eigenvalue weighted by atomic mass is 32.1. The number of benzene rings is 1. The number of hydrogen-bond acceptors (Lipinski definition) is 4. The van der Waals surface area contributed by atoms with Gasteiger partial charge >= 0.3 is 0 Å². The van der Waals surface area contributed by atoms with Gasteiger partial charge in [0.1, 0.15) is 0 Å². The number of nitrogens with one attached hydrogen (secondary N) is 1. The molecule has 3 aliphatic heterocycles. The smallest absolute Gasteiger partial charge is 0.251 e. The van der Waals surface area contributed by atoms with Crippen molar-refractivity contribution in [1.82, 2.24) is 15.2 Å². The van der Waals surface area contributed by atoms with Gasteiger partial charge < -0.3 is 10.2 Å². The average molecular weight is 301 g/mol. The second-order valence-electron chi connectivity index (χ2n) is 6.18. The molecule has 3 fully saturated rings. The van der Waals surface area contributed by atoms with Crippen LogP contribution in [0.25, 0.3) is 10.2 Å². The van der Waals surface area contributed by atoms with Crippen LogP contribution >= 0.6 is 11.3 Å². The molecule has 5 rings (SSSR count). The van der Waals surface area contributed by atoms with E-state index in [9.17, 15) is 4.79 Å². The Morgan fingerprint density at radius 3 is 3.05 bits per heavy atom. The zero-order chi connectivity index (χ0) is 14.2. The molecule has 5 heteroatoms. The standard InChI is InChI=1S/C16H19N3OS/c20-16(12-1-2-14-15(8-12)21-10-17-14)18-13-7-11-3-5-19(9-13)6-4-11/h1-2,8,10-11,13H,3-7,9H2,(H,18,20)/t13-/m1/s1. The van der Waals surface area contributed by atoms with Crippen LogP contribution in [-0.4, -0.2) is 41.5 Å². The molecule has 21 heavy (non-hydrogen) atoms. The Morgan fingerprint density at radius 1 is 1.33 bits per heavy atom. The molecular formula is C16H19N3OS. The first kappa shape index (κ1) is 13.2. The van der Waals surface area contributed by atoms with E-state index in [-0.39, 0.29) is 5.91 Å². The number of carbonyl (C=O) groups excluding carboxylic acids is 1. The van der Waals surface area contributed by atoms with Crippen molar-refractivity contribution < 1.29 is 4.79 Å². The van der Waals surface area contributed by atoms with Crippen molar-refractivity contribution in [3.05, 3.63) is 29.3 Å². The molecule has 1 atom stereocenters. The SMILES string of the molecule is O=C(N[C@@H]1CC2CCN(CC2)C1)c1ccc2ncsc2c1. The number of carbonyl (C=O) groups is 1. The van der Waals surface area contributed by atoms with Crippen molar-refractivity contribution in [3.8, 4) is 0 Å². The van der Waals surface area contributed by atoms with Gasteiger partial charge in [-0.2, -0.15) is 0 Å². The van der Waals surface area contributed by atoms with Crippen molar-refractivity contribution in [3.63, 3.8) is 0 Å². The number of fused-ring (bicyclic) bond motifs is 5. The maximum Gasteiger partial charge on any atom is 0.251 e. The number of amides is 1. The second kappa shape index (κ2) is 5.39. The fourth-order valence-corrected chi connectivity index (χ4v) is 4.28. The molecule has 0 spiro atoms. The van der Waals surface area contributed by atoms with Gasteiger partial charge in [-0.3, -0.25) is 4.79 Å². The lowest BCUT2D eigenvalue weighted by atomic mass is 9.94. The molecule has 0 unspecified atom stereocenters. The van der Waals surface area contributed by atoms with Crippen LogP contribution in [0.15, 0.2) is 23.7 Å². The van der Waals surface area contributed by atoms with Gasteiger partial charge in [-0.1, -0.05) is 0 Å². The molecule has 3 aliphatic rings. The van der Waals surface area contributed by atoms with Crippen molar-refractivity contribution in [2.45, 2.75) is 25.3 Å². The van der Waals surface area contributed by atoms with Gasteiger partial charge in [0.2, 0.25) is 0 Å². The lowest BCUT2D eigenvalue weighted by molar-refractivity contribution is 0.0929. The predicted molar refractivity (Wildman–Crippen MR) is 84.7 cm³/mol. The summed E-state index contributed by atoms with van der Waals surface area (Å²) in [7, 11) is 0. The maximum atomic E-state index is 12.5. The summed E-state index contributed by atoms with van der Waals surface area (Å²) in [4.78, 5) is 19.2. The summed E-state index contributed by atoms with van der Waals surface area (Å²) in [6, 6.07) is 6.06. The van der Waals surface area contributed by atoms with E-state index in [1.165, 1.54) is 25.9 Å². The van der Waals surface area contributed by atoms with E-state index >= 15 is 0 Å². The molecule has 1 amide bonds. The van der Waals surface area contributed by atoms with Crippen LogP contribution in [0.5, 0.6) is 0 Å². The van der Waals surface area contributed by atoms with Gasteiger partial charge in [-0.05, 0) is 56.5 Å². The number of nitrogens with zero attached hydrogens (tertiary/aromatic N) is 2. The van der Waals surface area contributed by atoms with E-state index in [1.54, 1.807) is 11.3 Å². The lowest BCUT2D eigenvalue weighted by Gasteiger charge is -2.26. The van der Waals surface area contributed by atoms with E-state index in [1.807, 2.05) is 23.7 Å². The molecule has 2 bridgehead atoms. The van der Waals surface area contributed by atoms with Crippen molar-refractivity contribution in [2.75, 3.05) is 19.6 Å². The van der Waals surface area contributed by atoms with Gasteiger partial charge in [0.25, 0.3) is 5.91 Å². The number of hydrogen-bond donors (Lipinski definition) is 1. The van der Waals surface area contributed by atoms with E-state index in [0.717, 1.165) is 34.7 Å². The summed E-state index contributed by atoms with van der Waals surface area (Å²) >= 11 is 1.58. The molecule has 0 radical (unpaired) electrons. The van der Waals surface area contributed by atoms with Gasteiger partial charge in [0.05, 0.1) is 15.7 Å². The van der Waals surface area contributed by atoms with Crippen molar-refractivity contribution in [1.29, 1.82) is 0 Å². The van der Waals surface area contributed by atoms with Crippen LogP contribution in [0.1, 0.15) is 29.6 Å². The summed E-state index contributed by atoms with van der Waals surface area (Å²) in [6.07, 6.45) is 3.71. The van der Waals surface area contributed by atoms with Gasteiger partial charge in [-0.25, -0.2) is 4.98 Å². The third kappa shape index (κ3) is 2.68. The first-order valence-electron chi connectivity index (χ1n) is 7.64. The van der Waals surface area contributed by atoms with Gasteiger partial charge in [0.15, 0.2) is 0 Å². The highest BCUT2D eigenvalue weighted by Crippen LogP contribution is 2.27. The zero-order valence-corrected chi connectivity index (χ0v) is 12.7. The lowest BCUT2D eigenvalue weighted by Crippen LogP contribution is -2.41. The summed E-state index contributed by atoms with van der Waals surface area (Å²) in [5, 5.41) is 3.24. The summed E-state index contributed by atoms with van der Waals surface area (Å²) in [5.74, 6) is 0.843. The Kier molecular flexibility index (Phi) is 3.39. The number of aromatic nitrogens is 1. The molecule has 2 aromatic rings. The molecule has 4 nitrogen and oxygen atoms in total. The zero-order valence-electron chi connectivity index (χ0n) is 11.9. The molecule has 3 saturated heterocycles. The van der Waals surface area contributed by atoms with Crippen LogP contribution in [0, 0.1) is 5.92 Å². The third-order valence-electron chi connectivity index (χ3n) is 4.73.